The van der Waals surface area contributed by atoms with Gasteiger partial charge in [0.15, 0.2) is 0 Å². The zero-order valence-electron chi connectivity index (χ0n) is 11.7. The third-order valence-corrected chi connectivity index (χ3v) is 2.96. The molecule has 1 heterocycles. The maximum Gasteiger partial charge on any atom is 0.328 e. The Kier molecular flexibility index (Phi) is 4.35. The van der Waals surface area contributed by atoms with E-state index in [9.17, 15) is 4.79 Å². The Morgan fingerprint density at radius 1 is 1.35 bits per heavy atom. The number of carboxylic acid groups (broad SMARTS) is 1. The van der Waals surface area contributed by atoms with Gasteiger partial charge < -0.3 is 5.11 Å². The van der Waals surface area contributed by atoms with Crippen LogP contribution in [0, 0.1) is 0 Å². The van der Waals surface area contributed by atoms with Crippen LogP contribution in [-0.2, 0) is 11.3 Å². The highest BCUT2D eigenvalue weighted by molar-refractivity contribution is 5.85. The summed E-state index contributed by atoms with van der Waals surface area (Å²) in [6.07, 6.45) is 4.64. The van der Waals surface area contributed by atoms with Crippen LogP contribution in [-0.4, -0.2) is 20.9 Å². The second-order valence-electron chi connectivity index (χ2n) is 4.98. The van der Waals surface area contributed by atoms with Gasteiger partial charge >= 0.3 is 5.97 Å². The maximum atomic E-state index is 10.6. The number of aromatic nitrogens is 2. The third kappa shape index (κ3) is 3.57. The van der Waals surface area contributed by atoms with Gasteiger partial charge in [0.1, 0.15) is 0 Å². The van der Waals surface area contributed by atoms with E-state index in [1.165, 1.54) is 5.56 Å². The van der Waals surface area contributed by atoms with E-state index in [-0.39, 0.29) is 5.92 Å². The Bertz CT molecular complexity index is 613. The summed E-state index contributed by atoms with van der Waals surface area (Å²) in [5, 5.41) is 13.3. The Labute approximate surface area is 118 Å². The molecule has 0 saturated carbocycles. The van der Waals surface area contributed by atoms with E-state index in [0.29, 0.717) is 6.54 Å². The molecule has 0 saturated heterocycles. The fourth-order valence-electron chi connectivity index (χ4n) is 2.04. The number of hydrogen-bond acceptors (Lipinski definition) is 2. The van der Waals surface area contributed by atoms with E-state index in [2.05, 4.69) is 5.10 Å². The molecule has 2 rings (SSSR count). The molecular formula is C16H18N2O2. The van der Waals surface area contributed by atoms with E-state index >= 15 is 0 Å². The lowest BCUT2D eigenvalue weighted by Crippen LogP contribution is -2.01. The van der Waals surface area contributed by atoms with E-state index in [1.54, 1.807) is 6.08 Å². The van der Waals surface area contributed by atoms with Gasteiger partial charge in [0.2, 0.25) is 0 Å². The highest BCUT2D eigenvalue weighted by Crippen LogP contribution is 2.19. The van der Waals surface area contributed by atoms with Crippen molar-refractivity contribution in [1.29, 1.82) is 0 Å². The van der Waals surface area contributed by atoms with Crippen LogP contribution >= 0.6 is 0 Å². The van der Waals surface area contributed by atoms with Crippen LogP contribution < -0.4 is 0 Å². The predicted octanol–water partition coefficient (Wildman–Crippen LogP) is 3.15. The maximum absolute atomic E-state index is 10.6. The number of carbonyl (C=O) groups is 1. The molecule has 0 spiro atoms. The standard InChI is InChI=1S/C16H18N2O2/c1-12(2)16-14(8-9-15(19)20)11-18(17-16)10-13-6-4-3-5-7-13/h3-9,11-12H,10H2,1-2H3,(H,19,20). The van der Waals surface area contributed by atoms with Crippen molar-refractivity contribution >= 4 is 12.0 Å². The van der Waals surface area contributed by atoms with Gasteiger partial charge in [-0.15, -0.1) is 0 Å². The first-order chi connectivity index (χ1) is 9.56. The highest BCUT2D eigenvalue weighted by atomic mass is 16.4. The first kappa shape index (κ1) is 14.1. The Morgan fingerprint density at radius 2 is 2.05 bits per heavy atom. The molecule has 104 valence electrons. The number of benzene rings is 1. The van der Waals surface area contributed by atoms with Gasteiger partial charge in [-0.3, -0.25) is 4.68 Å². The molecule has 0 bridgehead atoms. The van der Waals surface area contributed by atoms with Crippen LogP contribution in [0.4, 0.5) is 0 Å². The first-order valence-electron chi connectivity index (χ1n) is 6.58. The summed E-state index contributed by atoms with van der Waals surface area (Å²) in [5.74, 6) is -0.698. The van der Waals surface area contributed by atoms with Gasteiger partial charge in [-0.2, -0.15) is 5.10 Å². The molecule has 0 unspecified atom stereocenters. The molecule has 0 aliphatic rings. The molecule has 0 fully saturated rings. The zero-order valence-corrected chi connectivity index (χ0v) is 11.7. The molecule has 4 nitrogen and oxygen atoms in total. The van der Waals surface area contributed by atoms with Crippen molar-refractivity contribution in [3.8, 4) is 0 Å². The molecule has 0 atom stereocenters. The minimum Gasteiger partial charge on any atom is -0.478 e. The number of nitrogens with zero attached hydrogens (tertiary/aromatic N) is 2. The topological polar surface area (TPSA) is 55.1 Å². The predicted molar refractivity (Wildman–Crippen MR) is 78.5 cm³/mol. The van der Waals surface area contributed by atoms with Crippen molar-refractivity contribution in [2.45, 2.75) is 26.3 Å². The monoisotopic (exact) mass is 270 g/mol. The molecule has 1 aromatic heterocycles. The summed E-state index contributed by atoms with van der Waals surface area (Å²) < 4.78 is 1.85. The molecule has 1 N–H and O–H groups in total. The summed E-state index contributed by atoms with van der Waals surface area (Å²) >= 11 is 0. The second-order valence-corrected chi connectivity index (χ2v) is 4.98. The number of rotatable bonds is 5. The van der Waals surface area contributed by atoms with Gasteiger partial charge in [-0.1, -0.05) is 44.2 Å². The summed E-state index contributed by atoms with van der Waals surface area (Å²) in [6.45, 7) is 4.78. The van der Waals surface area contributed by atoms with Crippen LogP contribution in [0.2, 0.25) is 0 Å². The lowest BCUT2D eigenvalue weighted by molar-refractivity contribution is -0.131. The van der Waals surface area contributed by atoms with Gasteiger partial charge in [-0.05, 0) is 17.6 Å². The Morgan fingerprint density at radius 3 is 2.65 bits per heavy atom. The molecule has 1 aromatic carbocycles. The van der Waals surface area contributed by atoms with Gasteiger partial charge in [0, 0.05) is 17.8 Å². The van der Waals surface area contributed by atoms with Crippen molar-refractivity contribution in [3.63, 3.8) is 0 Å². The third-order valence-electron chi connectivity index (χ3n) is 2.96. The van der Waals surface area contributed by atoms with Crippen LogP contribution in [0.5, 0.6) is 0 Å². The average Bonchev–Trinajstić information content (AvgIpc) is 2.81. The molecule has 2 aromatic rings. The van der Waals surface area contributed by atoms with Crippen LogP contribution in [0.3, 0.4) is 0 Å². The normalized spacial score (nSPS) is 11.3. The SMILES string of the molecule is CC(C)c1nn(Cc2ccccc2)cc1C=CC(=O)O. The van der Waals surface area contributed by atoms with Crippen molar-refractivity contribution in [3.05, 3.63) is 59.4 Å². The zero-order chi connectivity index (χ0) is 14.5. The van der Waals surface area contributed by atoms with Crippen molar-refractivity contribution in [1.82, 2.24) is 9.78 Å². The van der Waals surface area contributed by atoms with E-state index in [4.69, 9.17) is 5.11 Å². The summed E-state index contributed by atoms with van der Waals surface area (Å²) in [6, 6.07) is 10.1. The summed E-state index contributed by atoms with van der Waals surface area (Å²) in [5.41, 5.74) is 2.94. The molecule has 0 aliphatic carbocycles. The fraction of sp³-hybridized carbons (Fsp3) is 0.250. The lowest BCUT2D eigenvalue weighted by atomic mass is 10.1. The lowest BCUT2D eigenvalue weighted by Gasteiger charge is -2.02. The van der Waals surface area contributed by atoms with Crippen molar-refractivity contribution in [2.75, 3.05) is 0 Å². The minimum atomic E-state index is -0.949. The average molecular weight is 270 g/mol. The fourth-order valence-corrected chi connectivity index (χ4v) is 2.04. The summed E-state index contributed by atoms with van der Waals surface area (Å²) in [7, 11) is 0. The Balaban J connectivity index is 2.27. The smallest absolute Gasteiger partial charge is 0.328 e. The van der Waals surface area contributed by atoms with E-state index in [1.807, 2.05) is 55.1 Å². The van der Waals surface area contributed by atoms with E-state index < -0.39 is 5.97 Å². The van der Waals surface area contributed by atoms with E-state index in [0.717, 1.165) is 17.3 Å². The van der Waals surface area contributed by atoms with Crippen LogP contribution in [0.15, 0.2) is 42.6 Å². The first-order valence-corrected chi connectivity index (χ1v) is 6.58. The molecule has 20 heavy (non-hydrogen) atoms. The number of aliphatic carboxylic acids is 1. The Hall–Kier alpha value is -2.36. The molecule has 0 radical (unpaired) electrons. The van der Waals surface area contributed by atoms with Crippen LogP contribution in [0.25, 0.3) is 6.08 Å². The quantitative estimate of drug-likeness (QED) is 0.849. The summed E-state index contributed by atoms with van der Waals surface area (Å²) in [4.78, 5) is 10.6. The number of carboxylic acids is 1. The largest absolute Gasteiger partial charge is 0.478 e. The second kappa shape index (κ2) is 6.19. The van der Waals surface area contributed by atoms with Crippen molar-refractivity contribution < 1.29 is 9.90 Å². The minimum absolute atomic E-state index is 0.250. The number of hydrogen-bond donors (Lipinski definition) is 1. The highest BCUT2D eigenvalue weighted by Gasteiger charge is 2.10. The molecule has 0 amide bonds. The van der Waals surface area contributed by atoms with Gasteiger partial charge in [0.05, 0.1) is 12.2 Å². The molecule has 4 heteroatoms. The van der Waals surface area contributed by atoms with Gasteiger partial charge in [0.25, 0.3) is 0 Å². The molecule has 0 aliphatic heterocycles. The molecular weight excluding hydrogens is 252 g/mol. The van der Waals surface area contributed by atoms with Crippen molar-refractivity contribution in [2.24, 2.45) is 0 Å². The van der Waals surface area contributed by atoms with Crippen LogP contribution in [0.1, 0.15) is 36.6 Å². The van der Waals surface area contributed by atoms with Gasteiger partial charge in [-0.25, -0.2) is 4.79 Å².